The molecule has 3 N–H and O–H groups in total. The smallest absolute Gasteiger partial charge is 0.313 e. The van der Waals surface area contributed by atoms with E-state index in [1.54, 1.807) is 6.92 Å². The van der Waals surface area contributed by atoms with Crippen LogP contribution in [0.5, 0.6) is 0 Å². The van der Waals surface area contributed by atoms with Gasteiger partial charge in [0.25, 0.3) is 0 Å². The lowest BCUT2D eigenvalue weighted by Crippen LogP contribution is -2.52. The second-order valence-corrected chi connectivity index (χ2v) is 5.88. The number of hydrogen-bond donors (Lipinski definition) is 3. The number of hydrogen-bond acceptors (Lipinski definition) is 4. The summed E-state index contributed by atoms with van der Waals surface area (Å²) in [6.45, 7) is 4.93. The lowest BCUT2D eigenvalue weighted by atomic mass is 9.84. The molecule has 19 heavy (non-hydrogen) atoms. The molecular formula is C13H22N2O4. The van der Waals surface area contributed by atoms with Crippen molar-refractivity contribution in [1.82, 2.24) is 10.6 Å². The number of amides is 1. The summed E-state index contributed by atoms with van der Waals surface area (Å²) in [4.78, 5) is 23.5. The van der Waals surface area contributed by atoms with Gasteiger partial charge in [-0.2, -0.15) is 0 Å². The van der Waals surface area contributed by atoms with Gasteiger partial charge in [0.1, 0.15) is 5.41 Å². The average molecular weight is 270 g/mol. The van der Waals surface area contributed by atoms with Crippen molar-refractivity contribution >= 4 is 11.9 Å². The molecule has 2 heterocycles. The Morgan fingerprint density at radius 3 is 2.84 bits per heavy atom. The largest absolute Gasteiger partial charge is 0.481 e. The van der Waals surface area contributed by atoms with Gasteiger partial charge < -0.3 is 20.5 Å². The minimum atomic E-state index is -1.02. The molecule has 4 atom stereocenters. The van der Waals surface area contributed by atoms with E-state index in [1.807, 2.05) is 0 Å². The molecule has 2 aliphatic rings. The van der Waals surface area contributed by atoms with Crippen LogP contribution in [0.2, 0.25) is 0 Å². The first-order valence-corrected chi connectivity index (χ1v) is 6.78. The summed E-state index contributed by atoms with van der Waals surface area (Å²) in [5, 5.41) is 15.4. The van der Waals surface area contributed by atoms with Crippen molar-refractivity contribution in [3.05, 3.63) is 0 Å². The van der Waals surface area contributed by atoms with Crippen molar-refractivity contribution in [2.75, 3.05) is 19.8 Å². The summed E-state index contributed by atoms with van der Waals surface area (Å²) in [5.74, 6) is -1.000. The number of carboxylic acids is 1. The van der Waals surface area contributed by atoms with Crippen LogP contribution in [0.1, 0.15) is 26.7 Å². The van der Waals surface area contributed by atoms with Crippen LogP contribution in [0, 0.1) is 11.3 Å². The first-order valence-electron chi connectivity index (χ1n) is 6.78. The molecule has 108 valence electrons. The van der Waals surface area contributed by atoms with Crippen molar-refractivity contribution in [3.63, 3.8) is 0 Å². The highest BCUT2D eigenvalue weighted by molar-refractivity contribution is 5.82. The standard InChI is InChI=1S/C13H22N2O4/c1-8-5-9(3-4-14-8)11(16)15-10-6-19-7-13(10,2)12(17)18/h8-10,14H,3-7H2,1-2H3,(H,15,16)(H,17,18). The monoisotopic (exact) mass is 270 g/mol. The van der Waals surface area contributed by atoms with Crippen LogP contribution < -0.4 is 10.6 Å². The second kappa shape index (κ2) is 5.46. The fourth-order valence-electron chi connectivity index (χ4n) is 2.74. The van der Waals surface area contributed by atoms with E-state index < -0.39 is 17.4 Å². The van der Waals surface area contributed by atoms with E-state index in [1.165, 1.54) is 0 Å². The quantitative estimate of drug-likeness (QED) is 0.671. The fourth-order valence-corrected chi connectivity index (χ4v) is 2.74. The average Bonchev–Trinajstić information content (AvgIpc) is 2.72. The Kier molecular flexibility index (Phi) is 4.10. The molecule has 6 nitrogen and oxygen atoms in total. The Morgan fingerprint density at radius 2 is 2.21 bits per heavy atom. The Morgan fingerprint density at radius 1 is 1.47 bits per heavy atom. The predicted molar refractivity (Wildman–Crippen MR) is 68.7 cm³/mol. The van der Waals surface area contributed by atoms with Gasteiger partial charge in [0.2, 0.25) is 5.91 Å². The second-order valence-electron chi connectivity index (χ2n) is 5.88. The van der Waals surface area contributed by atoms with E-state index in [0.29, 0.717) is 6.04 Å². The van der Waals surface area contributed by atoms with Crippen molar-refractivity contribution in [2.24, 2.45) is 11.3 Å². The highest BCUT2D eigenvalue weighted by Gasteiger charge is 2.47. The highest BCUT2D eigenvalue weighted by Crippen LogP contribution is 2.29. The minimum absolute atomic E-state index is 0.0325. The first-order chi connectivity index (χ1) is 8.93. The van der Waals surface area contributed by atoms with Gasteiger partial charge in [-0.25, -0.2) is 0 Å². The van der Waals surface area contributed by atoms with Gasteiger partial charge in [-0.05, 0) is 33.2 Å². The lowest BCUT2D eigenvalue weighted by molar-refractivity contribution is -0.149. The number of carbonyl (C=O) groups excluding carboxylic acids is 1. The van der Waals surface area contributed by atoms with Gasteiger partial charge in [0, 0.05) is 12.0 Å². The van der Waals surface area contributed by atoms with Crippen molar-refractivity contribution in [3.8, 4) is 0 Å². The SMILES string of the molecule is CC1CC(C(=O)NC2COCC2(C)C(=O)O)CCN1. The summed E-state index contributed by atoms with van der Waals surface area (Å²) in [5.41, 5.74) is -1.02. The maximum Gasteiger partial charge on any atom is 0.313 e. The van der Waals surface area contributed by atoms with E-state index in [-0.39, 0.29) is 25.0 Å². The van der Waals surface area contributed by atoms with Crippen molar-refractivity contribution in [1.29, 1.82) is 0 Å². The predicted octanol–water partition coefficient (Wildman–Crippen LogP) is -0.0196. The molecule has 2 saturated heterocycles. The third-order valence-corrected chi connectivity index (χ3v) is 4.26. The molecule has 0 aliphatic carbocycles. The van der Waals surface area contributed by atoms with Gasteiger partial charge >= 0.3 is 5.97 Å². The van der Waals surface area contributed by atoms with E-state index in [9.17, 15) is 14.7 Å². The topological polar surface area (TPSA) is 87.7 Å². The molecule has 2 fully saturated rings. The molecule has 0 spiro atoms. The van der Waals surface area contributed by atoms with Crippen LogP contribution in [0.3, 0.4) is 0 Å². The Labute approximate surface area is 112 Å². The zero-order valence-corrected chi connectivity index (χ0v) is 11.4. The molecule has 0 saturated carbocycles. The zero-order valence-electron chi connectivity index (χ0n) is 11.4. The first kappa shape index (κ1) is 14.3. The molecule has 1 amide bonds. The van der Waals surface area contributed by atoms with Gasteiger partial charge in [-0.3, -0.25) is 9.59 Å². The van der Waals surface area contributed by atoms with Crippen LogP contribution in [0.25, 0.3) is 0 Å². The third-order valence-electron chi connectivity index (χ3n) is 4.26. The van der Waals surface area contributed by atoms with Gasteiger partial charge in [0.15, 0.2) is 0 Å². The van der Waals surface area contributed by atoms with Crippen LogP contribution in [0.15, 0.2) is 0 Å². The van der Waals surface area contributed by atoms with Crippen LogP contribution in [-0.4, -0.2) is 48.8 Å². The maximum absolute atomic E-state index is 12.2. The molecule has 0 aromatic carbocycles. The molecule has 2 rings (SSSR count). The van der Waals surface area contributed by atoms with E-state index in [0.717, 1.165) is 19.4 Å². The molecule has 0 aromatic heterocycles. The lowest BCUT2D eigenvalue weighted by Gasteiger charge is -2.30. The Hall–Kier alpha value is -1.14. The minimum Gasteiger partial charge on any atom is -0.481 e. The number of ether oxygens (including phenoxy) is 1. The Bertz CT molecular complexity index is 374. The number of carbonyl (C=O) groups is 2. The summed E-state index contributed by atoms with van der Waals surface area (Å²) < 4.78 is 5.24. The molecule has 4 unspecified atom stereocenters. The number of aliphatic carboxylic acids is 1. The molecule has 0 bridgehead atoms. The molecule has 0 aromatic rings. The summed E-state index contributed by atoms with van der Waals surface area (Å²) in [6, 6.07) is -0.113. The number of rotatable bonds is 3. The van der Waals surface area contributed by atoms with Gasteiger partial charge in [-0.1, -0.05) is 0 Å². The molecular weight excluding hydrogens is 248 g/mol. The van der Waals surface area contributed by atoms with Crippen LogP contribution >= 0.6 is 0 Å². The van der Waals surface area contributed by atoms with Crippen LogP contribution in [-0.2, 0) is 14.3 Å². The Balaban J connectivity index is 1.96. The summed E-state index contributed by atoms with van der Waals surface area (Å²) in [7, 11) is 0. The molecule has 2 aliphatic heterocycles. The van der Waals surface area contributed by atoms with Crippen molar-refractivity contribution in [2.45, 2.75) is 38.8 Å². The van der Waals surface area contributed by atoms with Gasteiger partial charge in [0.05, 0.1) is 19.3 Å². The van der Waals surface area contributed by atoms with E-state index in [4.69, 9.17) is 4.74 Å². The van der Waals surface area contributed by atoms with E-state index >= 15 is 0 Å². The number of piperidine rings is 1. The fraction of sp³-hybridized carbons (Fsp3) is 0.846. The van der Waals surface area contributed by atoms with Crippen LogP contribution in [0.4, 0.5) is 0 Å². The summed E-state index contributed by atoms with van der Waals surface area (Å²) >= 11 is 0. The normalized spacial score (nSPS) is 38.9. The maximum atomic E-state index is 12.2. The van der Waals surface area contributed by atoms with Crippen molar-refractivity contribution < 1.29 is 19.4 Å². The number of nitrogens with one attached hydrogen (secondary N) is 2. The molecule has 6 heteroatoms. The zero-order chi connectivity index (χ0) is 14.0. The van der Waals surface area contributed by atoms with Gasteiger partial charge in [-0.15, -0.1) is 0 Å². The molecule has 0 radical (unpaired) electrons. The number of carboxylic acid groups (broad SMARTS) is 1. The summed E-state index contributed by atoms with van der Waals surface area (Å²) in [6.07, 6.45) is 1.59. The third kappa shape index (κ3) is 2.90. The highest BCUT2D eigenvalue weighted by atomic mass is 16.5. The van der Waals surface area contributed by atoms with E-state index in [2.05, 4.69) is 17.6 Å².